The Morgan fingerprint density at radius 3 is 2.44 bits per heavy atom. The van der Waals surface area contributed by atoms with Crippen LogP contribution in [0.5, 0.6) is 0 Å². The maximum absolute atomic E-state index is 13.5. The van der Waals surface area contributed by atoms with Crippen LogP contribution in [0.3, 0.4) is 0 Å². The number of likely N-dealkylation sites (tertiary alicyclic amines) is 1. The van der Waals surface area contributed by atoms with Crippen LogP contribution in [0.1, 0.15) is 24.1 Å². The zero-order chi connectivity index (χ0) is 25.9. The standard InChI is InChI=1S/C23H20F5N5.CH2F2/c24-22(25)7-10-32(11-8-22)14-18-19-6-1-2-9-33(19)21(31-18)20-29-13-17(30-20)15-4-3-5-16(12-15)23(26,27)28;2-1-3/h1-6,9,12-13H,7-8,10-11,14H2,(H,29,30);1H2/p+1. The highest BCUT2D eigenvalue weighted by molar-refractivity contribution is 5.66. The highest BCUT2D eigenvalue weighted by Crippen LogP contribution is 2.32. The number of nitrogens with zero attached hydrogens (tertiary/aromatic N) is 3. The van der Waals surface area contributed by atoms with Crippen LogP contribution in [0.2, 0.25) is 0 Å². The molecule has 3 aromatic heterocycles. The Hall–Kier alpha value is -3.41. The first-order valence-corrected chi connectivity index (χ1v) is 11.1. The average Bonchev–Trinajstić information content (AvgIpc) is 3.46. The zero-order valence-electron chi connectivity index (χ0n) is 18.9. The van der Waals surface area contributed by atoms with E-state index in [9.17, 15) is 30.7 Å². The number of quaternary nitrogens is 1. The number of pyridine rings is 1. The fourth-order valence-electron chi connectivity index (χ4n) is 4.23. The molecule has 0 atom stereocenters. The summed E-state index contributed by atoms with van der Waals surface area (Å²) in [5, 5.41) is 0. The molecule has 5 rings (SSSR count). The lowest BCUT2D eigenvalue weighted by Gasteiger charge is -2.28. The van der Waals surface area contributed by atoms with E-state index in [1.165, 1.54) is 12.3 Å². The third-order valence-electron chi connectivity index (χ3n) is 6.02. The maximum atomic E-state index is 13.5. The van der Waals surface area contributed by atoms with Crippen LogP contribution in [-0.4, -0.2) is 45.3 Å². The number of benzene rings is 1. The van der Waals surface area contributed by atoms with E-state index in [0.29, 0.717) is 42.5 Å². The van der Waals surface area contributed by atoms with Crippen molar-refractivity contribution in [3.05, 3.63) is 66.1 Å². The summed E-state index contributed by atoms with van der Waals surface area (Å²) >= 11 is 0. The predicted octanol–water partition coefficient (Wildman–Crippen LogP) is 5.11. The average molecular weight is 514 g/mol. The van der Waals surface area contributed by atoms with Gasteiger partial charge in [-0.3, -0.25) is 4.40 Å². The largest absolute Gasteiger partial charge is 0.416 e. The van der Waals surface area contributed by atoms with Crippen LogP contribution in [0.25, 0.3) is 28.4 Å². The van der Waals surface area contributed by atoms with Gasteiger partial charge in [-0.05, 0) is 24.3 Å². The van der Waals surface area contributed by atoms with Gasteiger partial charge in [0.25, 0.3) is 5.92 Å². The molecule has 0 aliphatic carbocycles. The van der Waals surface area contributed by atoms with E-state index in [0.717, 1.165) is 28.2 Å². The van der Waals surface area contributed by atoms with Gasteiger partial charge in [0.15, 0.2) is 11.6 Å². The third kappa shape index (κ3) is 5.69. The van der Waals surface area contributed by atoms with Crippen molar-refractivity contribution in [3.63, 3.8) is 0 Å². The molecule has 1 aliphatic heterocycles. The van der Waals surface area contributed by atoms with Crippen molar-refractivity contribution in [3.8, 4) is 22.9 Å². The van der Waals surface area contributed by atoms with Gasteiger partial charge in [-0.25, -0.2) is 27.5 Å². The number of nitrogens with one attached hydrogen (secondary N) is 2. The second kappa shape index (κ2) is 10.3. The summed E-state index contributed by atoms with van der Waals surface area (Å²) in [6.45, 7) is -0.506. The van der Waals surface area contributed by atoms with E-state index in [1.54, 1.807) is 6.07 Å². The summed E-state index contributed by atoms with van der Waals surface area (Å²) in [5.74, 6) is -1.67. The molecule has 0 amide bonds. The molecule has 1 fully saturated rings. The van der Waals surface area contributed by atoms with Gasteiger partial charge in [0, 0.05) is 11.8 Å². The Kier molecular flexibility index (Phi) is 7.34. The molecule has 0 bridgehead atoms. The number of rotatable bonds is 4. The van der Waals surface area contributed by atoms with Gasteiger partial charge in [0.2, 0.25) is 6.93 Å². The normalized spacial score (nSPS) is 16.1. The number of halogens is 7. The second-order valence-electron chi connectivity index (χ2n) is 8.45. The number of hydrogen-bond acceptors (Lipinski definition) is 2. The summed E-state index contributed by atoms with van der Waals surface area (Å²) in [4.78, 5) is 13.2. The van der Waals surface area contributed by atoms with Crippen LogP contribution < -0.4 is 4.90 Å². The van der Waals surface area contributed by atoms with Crippen molar-refractivity contribution in [2.75, 3.05) is 20.0 Å². The molecule has 0 saturated carbocycles. The van der Waals surface area contributed by atoms with E-state index < -0.39 is 24.6 Å². The molecule has 0 radical (unpaired) electrons. The minimum atomic E-state index is -4.44. The van der Waals surface area contributed by atoms with E-state index in [1.807, 2.05) is 28.8 Å². The minimum absolute atomic E-state index is 0.139. The van der Waals surface area contributed by atoms with Gasteiger partial charge in [0.05, 0.1) is 48.9 Å². The molecule has 1 saturated heterocycles. The molecule has 2 N–H and O–H groups in total. The fraction of sp³-hybridized carbons (Fsp3) is 0.333. The van der Waals surface area contributed by atoms with Gasteiger partial charge >= 0.3 is 6.18 Å². The van der Waals surface area contributed by atoms with Crippen molar-refractivity contribution in [2.24, 2.45) is 0 Å². The molecule has 4 aromatic rings. The zero-order valence-corrected chi connectivity index (χ0v) is 18.9. The molecule has 5 nitrogen and oxygen atoms in total. The van der Waals surface area contributed by atoms with Crippen molar-refractivity contribution in [1.29, 1.82) is 0 Å². The van der Waals surface area contributed by atoms with Crippen LogP contribution in [0.15, 0.2) is 54.9 Å². The first kappa shape index (κ1) is 25.7. The molecular weight excluding hydrogens is 491 g/mol. The first-order chi connectivity index (χ1) is 17.1. The van der Waals surface area contributed by atoms with Crippen molar-refractivity contribution < 1.29 is 35.6 Å². The van der Waals surface area contributed by atoms with Crippen LogP contribution in [-0.2, 0) is 12.7 Å². The summed E-state index contributed by atoms with van der Waals surface area (Å²) in [7, 11) is 0. The number of H-pyrrole nitrogens is 1. The van der Waals surface area contributed by atoms with Gasteiger partial charge in [-0.2, -0.15) is 13.2 Å². The molecule has 12 heteroatoms. The minimum Gasteiger partial charge on any atom is -0.335 e. The van der Waals surface area contributed by atoms with Crippen molar-refractivity contribution in [2.45, 2.75) is 31.5 Å². The molecule has 0 unspecified atom stereocenters. The molecule has 1 aromatic carbocycles. The van der Waals surface area contributed by atoms with Crippen LogP contribution in [0.4, 0.5) is 30.7 Å². The SMILES string of the molecule is FC1(F)CC[NH+](Cc2nc(-c3ncc(-c4cccc(C(F)(F)F)c4)[nH]3)n3ccccc23)CC1.FCF. The van der Waals surface area contributed by atoms with E-state index in [-0.39, 0.29) is 12.8 Å². The molecule has 4 heterocycles. The number of aromatic amines is 1. The quantitative estimate of drug-likeness (QED) is 0.372. The lowest BCUT2D eigenvalue weighted by Crippen LogP contribution is -3.12. The number of hydrogen-bond donors (Lipinski definition) is 2. The predicted molar refractivity (Wildman–Crippen MR) is 119 cm³/mol. The molecule has 36 heavy (non-hydrogen) atoms. The molecular formula is C24H23F7N5+. The Labute approximate surface area is 201 Å². The summed E-state index contributed by atoms with van der Waals surface area (Å²) in [6, 6.07) is 10.6. The number of alkyl halides is 7. The monoisotopic (exact) mass is 514 g/mol. The van der Waals surface area contributed by atoms with E-state index in [2.05, 4.69) is 9.97 Å². The summed E-state index contributed by atoms with van der Waals surface area (Å²) in [5.41, 5.74) is 1.68. The Morgan fingerprint density at radius 1 is 1.03 bits per heavy atom. The van der Waals surface area contributed by atoms with Crippen molar-refractivity contribution >= 4 is 5.52 Å². The third-order valence-corrected chi connectivity index (χ3v) is 6.02. The van der Waals surface area contributed by atoms with Crippen LogP contribution in [0, 0.1) is 0 Å². The Balaban J connectivity index is 0.000000967. The summed E-state index contributed by atoms with van der Waals surface area (Å²) < 4.78 is 87.4. The molecule has 1 aliphatic rings. The second-order valence-corrected chi connectivity index (χ2v) is 8.45. The number of imidazole rings is 2. The van der Waals surface area contributed by atoms with E-state index >= 15 is 0 Å². The number of fused-ring (bicyclic) bond motifs is 1. The van der Waals surface area contributed by atoms with Gasteiger partial charge in [-0.1, -0.05) is 18.2 Å². The van der Waals surface area contributed by atoms with E-state index in [4.69, 9.17) is 4.98 Å². The maximum Gasteiger partial charge on any atom is 0.416 e. The summed E-state index contributed by atoms with van der Waals surface area (Å²) in [6.07, 6.45) is -1.41. The lowest BCUT2D eigenvalue weighted by molar-refractivity contribution is -0.921. The number of piperidine rings is 1. The van der Waals surface area contributed by atoms with Crippen molar-refractivity contribution in [1.82, 2.24) is 19.4 Å². The topological polar surface area (TPSA) is 50.4 Å². The number of aromatic nitrogens is 4. The first-order valence-electron chi connectivity index (χ1n) is 11.1. The Bertz CT molecular complexity index is 1300. The van der Waals surface area contributed by atoms with Gasteiger partial charge in [0.1, 0.15) is 12.2 Å². The highest BCUT2D eigenvalue weighted by Gasteiger charge is 2.37. The smallest absolute Gasteiger partial charge is 0.335 e. The van der Waals surface area contributed by atoms with Gasteiger partial charge < -0.3 is 9.88 Å². The van der Waals surface area contributed by atoms with Crippen LogP contribution >= 0.6 is 0 Å². The lowest BCUT2D eigenvalue weighted by atomic mass is 10.1. The molecule has 0 spiro atoms. The Morgan fingerprint density at radius 2 is 1.75 bits per heavy atom. The molecule has 192 valence electrons. The van der Waals surface area contributed by atoms with Gasteiger partial charge in [-0.15, -0.1) is 0 Å². The highest BCUT2D eigenvalue weighted by atomic mass is 19.4. The fourth-order valence-corrected chi connectivity index (χ4v) is 4.23.